The molecule has 0 fully saturated rings. The van der Waals surface area contributed by atoms with Gasteiger partial charge in [0.25, 0.3) is 17.5 Å². The van der Waals surface area contributed by atoms with E-state index >= 15 is 0 Å². The van der Waals surface area contributed by atoms with Crippen LogP contribution in [0.1, 0.15) is 35.5 Å². The Kier molecular flexibility index (Phi) is 6.84. The third-order valence-electron chi connectivity index (χ3n) is 4.50. The quantitative estimate of drug-likeness (QED) is 0.324. The smallest absolute Gasteiger partial charge is 0.269 e. The first-order valence-corrected chi connectivity index (χ1v) is 9.98. The van der Waals surface area contributed by atoms with Crippen molar-refractivity contribution in [1.82, 2.24) is 10.6 Å². The van der Waals surface area contributed by atoms with Crippen molar-refractivity contribution in [3.8, 4) is 11.3 Å². The lowest BCUT2D eigenvalue weighted by Crippen LogP contribution is -2.38. The molecule has 2 aromatic carbocycles. The minimum atomic E-state index is -0.476. The summed E-state index contributed by atoms with van der Waals surface area (Å²) in [6, 6.07) is 16.1. The Hall–Kier alpha value is -4.20. The van der Waals surface area contributed by atoms with E-state index in [-0.39, 0.29) is 17.4 Å². The summed E-state index contributed by atoms with van der Waals surface area (Å²) in [6.45, 7) is 5.55. The van der Waals surface area contributed by atoms with Crippen LogP contribution in [0.3, 0.4) is 0 Å². The summed E-state index contributed by atoms with van der Waals surface area (Å²) in [7, 11) is 0. The average Bonchev–Trinajstić information content (AvgIpc) is 3.22. The molecular formula is C24H23N3O5. The van der Waals surface area contributed by atoms with Gasteiger partial charge in [-0.1, -0.05) is 17.7 Å². The van der Waals surface area contributed by atoms with Crippen molar-refractivity contribution in [2.75, 3.05) is 0 Å². The number of nitrogens with one attached hydrogen (secondary N) is 2. The van der Waals surface area contributed by atoms with Crippen LogP contribution in [0.4, 0.5) is 5.69 Å². The highest BCUT2D eigenvalue weighted by Gasteiger charge is 2.17. The van der Waals surface area contributed by atoms with E-state index in [1.165, 1.54) is 18.2 Å². The molecule has 0 aliphatic heterocycles. The van der Waals surface area contributed by atoms with Gasteiger partial charge in [0, 0.05) is 35.4 Å². The molecule has 8 nitrogen and oxygen atoms in total. The number of carbonyl (C=O) groups excluding carboxylic acids is 2. The number of aryl methyl sites for hydroxylation is 1. The molecule has 0 atom stereocenters. The van der Waals surface area contributed by atoms with Gasteiger partial charge in [0.05, 0.1) is 4.92 Å². The maximum atomic E-state index is 12.7. The summed E-state index contributed by atoms with van der Waals surface area (Å²) in [5.74, 6) is -0.0536. The maximum Gasteiger partial charge on any atom is 0.269 e. The van der Waals surface area contributed by atoms with Crippen molar-refractivity contribution < 1.29 is 18.9 Å². The second-order valence-electron chi connectivity index (χ2n) is 7.51. The highest BCUT2D eigenvalue weighted by molar-refractivity contribution is 6.05. The predicted octanol–water partition coefficient (Wildman–Crippen LogP) is 4.46. The van der Waals surface area contributed by atoms with E-state index in [1.54, 1.807) is 36.4 Å². The van der Waals surface area contributed by atoms with E-state index in [1.807, 2.05) is 32.9 Å². The van der Waals surface area contributed by atoms with E-state index in [0.29, 0.717) is 22.6 Å². The van der Waals surface area contributed by atoms with Crippen LogP contribution in [0.15, 0.2) is 70.8 Å². The third-order valence-corrected chi connectivity index (χ3v) is 4.50. The SMILES string of the molecule is Cc1ccc(C(=O)NC(=Cc2ccc(-c3ccc([N+](=O)[O-])cc3)o2)C(=O)NC(C)C)cc1. The molecule has 0 radical (unpaired) electrons. The number of nitro groups is 1. The molecule has 3 aromatic rings. The van der Waals surface area contributed by atoms with Crippen LogP contribution in [0.2, 0.25) is 0 Å². The average molecular weight is 433 g/mol. The van der Waals surface area contributed by atoms with Crippen LogP contribution in [-0.4, -0.2) is 22.8 Å². The Bertz CT molecular complexity index is 1160. The molecule has 0 spiro atoms. The monoisotopic (exact) mass is 433 g/mol. The van der Waals surface area contributed by atoms with E-state index in [9.17, 15) is 19.7 Å². The second-order valence-corrected chi connectivity index (χ2v) is 7.51. The molecule has 0 saturated carbocycles. The van der Waals surface area contributed by atoms with E-state index in [4.69, 9.17) is 4.42 Å². The van der Waals surface area contributed by atoms with Gasteiger partial charge in [0.15, 0.2) is 0 Å². The van der Waals surface area contributed by atoms with Gasteiger partial charge in [-0.3, -0.25) is 19.7 Å². The number of nitro benzene ring substituents is 1. The topological polar surface area (TPSA) is 114 Å². The molecule has 0 saturated heterocycles. The first kappa shape index (κ1) is 22.5. The van der Waals surface area contributed by atoms with Crippen LogP contribution >= 0.6 is 0 Å². The van der Waals surface area contributed by atoms with E-state index in [0.717, 1.165) is 5.56 Å². The predicted molar refractivity (Wildman–Crippen MR) is 121 cm³/mol. The lowest BCUT2D eigenvalue weighted by molar-refractivity contribution is -0.384. The summed E-state index contributed by atoms with van der Waals surface area (Å²) in [4.78, 5) is 35.6. The molecule has 2 N–H and O–H groups in total. The molecule has 0 aliphatic carbocycles. The molecule has 1 aromatic heterocycles. The standard InChI is InChI=1S/C24H23N3O5/c1-15(2)25-24(29)21(26-23(28)18-6-4-16(3)5-7-18)14-20-12-13-22(32-20)17-8-10-19(11-9-17)27(30)31/h4-15H,1-3H3,(H,25,29)(H,26,28). The zero-order valence-electron chi connectivity index (χ0n) is 17.9. The molecule has 0 unspecified atom stereocenters. The molecule has 1 heterocycles. The number of non-ortho nitro benzene ring substituents is 1. The Morgan fingerprint density at radius 1 is 1.00 bits per heavy atom. The molecule has 0 aliphatic rings. The first-order chi connectivity index (χ1) is 15.2. The molecule has 164 valence electrons. The number of nitrogens with zero attached hydrogens (tertiary/aromatic N) is 1. The zero-order chi connectivity index (χ0) is 23.3. The largest absolute Gasteiger partial charge is 0.457 e. The Labute approximate surface area is 185 Å². The number of furan rings is 1. The molecule has 8 heteroatoms. The molecule has 3 rings (SSSR count). The van der Waals surface area contributed by atoms with Crippen molar-refractivity contribution >= 4 is 23.6 Å². The summed E-state index contributed by atoms with van der Waals surface area (Å²) in [5, 5.41) is 16.2. The molecule has 32 heavy (non-hydrogen) atoms. The van der Waals surface area contributed by atoms with Gasteiger partial charge in [-0.05, 0) is 57.2 Å². The number of hydrogen-bond acceptors (Lipinski definition) is 5. The van der Waals surface area contributed by atoms with E-state index < -0.39 is 16.7 Å². The van der Waals surface area contributed by atoms with Crippen LogP contribution in [0.25, 0.3) is 17.4 Å². The Morgan fingerprint density at radius 2 is 1.66 bits per heavy atom. The minimum Gasteiger partial charge on any atom is -0.457 e. The number of carbonyl (C=O) groups is 2. The van der Waals surface area contributed by atoms with Crippen LogP contribution < -0.4 is 10.6 Å². The normalized spacial score (nSPS) is 11.3. The number of benzene rings is 2. The second kappa shape index (κ2) is 9.74. The zero-order valence-corrected chi connectivity index (χ0v) is 17.9. The van der Waals surface area contributed by atoms with Gasteiger partial charge in [-0.25, -0.2) is 0 Å². The fourth-order valence-corrected chi connectivity index (χ4v) is 2.87. The van der Waals surface area contributed by atoms with Gasteiger partial charge in [-0.15, -0.1) is 0 Å². The van der Waals surface area contributed by atoms with Gasteiger partial charge >= 0.3 is 0 Å². The first-order valence-electron chi connectivity index (χ1n) is 9.98. The van der Waals surface area contributed by atoms with Crippen molar-refractivity contribution in [2.45, 2.75) is 26.8 Å². The van der Waals surface area contributed by atoms with Gasteiger partial charge in [-0.2, -0.15) is 0 Å². The molecule has 0 bridgehead atoms. The minimum absolute atomic E-state index is 0.0214. The van der Waals surface area contributed by atoms with Crippen LogP contribution in [0.5, 0.6) is 0 Å². The summed E-state index contributed by atoms with van der Waals surface area (Å²) in [6.07, 6.45) is 1.44. The van der Waals surface area contributed by atoms with Gasteiger partial charge < -0.3 is 15.1 Å². The molecular weight excluding hydrogens is 410 g/mol. The maximum absolute atomic E-state index is 12.7. The van der Waals surface area contributed by atoms with Crippen molar-refractivity contribution in [3.63, 3.8) is 0 Å². The Morgan fingerprint density at radius 3 is 2.25 bits per heavy atom. The summed E-state index contributed by atoms with van der Waals surface area (Å²) >= 11 is 0. The van der Waals surface area contributed by atoms with Gasteiger partial charge in [0.2, 0.25) is 0 Å². The van der Waals surface area contributed by atoms with Crippen LogP contribution in [0, 0.1) is 17.0 Å². The van der Waals surface area contributed by atoms with Crippen molar-refractivity contribution in [2.24, 2.45) is 0 Å². The number of hydrogen-bond donors (Lipinski definition) is 2. The fraction of sp³-hybridized carbons (Fsp3) is 0.167. The highest BCUT2D eigenvalue weighted by Crippen LogP contribution is 2.25. The Balaban J connectivity index is 1.86. The number of rotatable bonds is 7. The fourth-order valence-electron chi connectivity index (χ4n) is 2.87. The van der Waals surface area contributed by atoms with Crippen LogP contribution in [-0.2, 0) is 4.79 Å². The highest BCUT2D eigenvalue weighted by atomic mass is 16.6. The lowest BCUT2D eigenvalue weighted by atomic mass is 10.1. The third kappa shape index (κ3) is 5.69. The summed E-state index contributed by atoms with van der Waals surface area (Å²) in [5.41, 5.74) is 2.10. The summed E-state index contributed by atoms with van der Waals surface area (Å²) < 4.78 is 5.78. The van der Waals surface area contributed by atoms with E-state index in [2.05, 4.69) is 10.6 Å². The lowest BCUT2D eigenvalue weighted by Gasteiger charge is -2.13. The number of amides is 2. The van der Waals surface area contributed by atoms with Crippen molar-refractivity contribution in [1.29, 1.82) is 0 Å². The van der Waals surface area contributed by atoms with Gasteiger partial charge in [0.1, 0.15) is 17.2 Å². The van der Waals surface area contributed by atoms with Crippen molar-refractivity contribution in [3.05, 3.63) is 93.4 Å². The molecule has 2 amide bonds.